The molecule has 2 aromatic carbocycles. The van der Waals surface area contributed by atoms with Crippen molar-refractivity contribution in [3.05, 3.63) is 59.4 Å². The molecule has 138 valence electrons. The number of ketones is 1. The van der Waals surface area contributed by atoms with Crippen LogP contribution in [0.15, 0.2) is 42.5 Å². The van der Waals surface area contributed by atoms with Crippen molar-refractivity contribution in [1.29, 1.82) is 0 Å². The third-order valence-electron chi connectivity index (χ3n) is 5.30. The largest absolute Gasteiger partial charge is 0.378 e. The normalized spacial score (nSPS) is 20.1. The van der Waals surface area contributed by atoms with E-state index in [4.69, 9.17) is 4.74 Å². The molecule has 0 heterocycles. The van der Waals surface area contributed by atoms with Crippen molar-refractivity contribution in [2.75, 3.05) is 6.61 Å². The van der Waals surface area contributed by atoms with E-state index in [1.807, 2.05) is 18.2 Å². The fraction of sp³-hybridized carbons (Fsp3) is 0.435. The summed E-state index contributed by atoms with van der Waals surface area (Å²) in [5.41, 5.74) is 3.12. The van der Waals surface area contributed by atoms with E-state index in [2.05, 4.69) is 13.0 Å². The smallest absolute Gasteiger partial charge is 0.159 e. The van der Waals surface area contributed by atoms with Gasteiger partial charge in [0.15, 0.2) is 5.78 Å². The third-order valence-corrected chi connectivity index (χ3v) is 5.30. The van der Waals surface area contributed by atoms with E-state index in [-0.39, 0.29) is 11.6 Å². The van der Waals surface area contributed by atoms with Crippen molar-refractivity contribution < 1.29 is 13.9 Å². The SMILES string of the molecule is CCCOC1CCC(c2ccc(-c3ccc(C(C)=O)cc3)c(F)c2)CC1. The summed E-state index contributed by atoms with van der Waals surface area (Å²) in [7, 11) is 0. The van der Waals surface area contributed by atoms with E-state index in [9.17, 15) is 9.18 Å². The first kappa shape index (κ1) is 18.8. The Morgan fingerprint density at radius 3 is 2.35 bits per heavy atom. The topological polar surface area (TPSA) is 26.3 Å². The Kier molecular flexibility index (Phi) is 6.20. The first-order chi connectivity index (χ1) is 12.6. The number of carbonyl (C=O) groups excluding carboxylic acids is 1. The minimum Gasteiger partial charge on any atom is -0.378 e. The first-order valence-corrected chi connectivity index (χ1v) is 9.61. The highest BCUT2D eigenvalue weighted by Crippen LogP contribution is 2.36. The molecule has 2 aromatic rings. The third kappa shape index (κ3) is 4.39. The molecule has 0 N–H and O–H groups in total. The molecule has 1 aliphatic carbocycles. The van der Waals surface area contributed by atoms with Crippen molar-refractivity contribution in [3.63, 3.8) is 0 Å². The lowest BCUT2D eigenvalue weighted by Gasteiger charge is -2.29. The second-order valence-electron chi connectivity index (χ2n) is 7.22. The summed E-state index contributed by atoms with van der Waals surface area (Å²) in [4.78, 5) is 11.4. The van der Waals surface area contributed by atoms with Crippen LogP contribution >= 0.6 is 0 Å². The molecule has 1 fully saturated rings. The minimum atomic E-state index is -0.192. The molecular weight excluding hydrogens is 327 g/mol. The summed E-state index contributed by atoms with van der Waals surface area (Å²) in [6.45, 7) is 4.50. The van der Waals surface area contributed by atoms with E-state index in [0.29, 0.717) is 23.1 Å². The Balaban J connectivity index is 1.69. The molecule has 0 aliphatic heterocycles. The Morgan fingerprint density at radius 1 is 1.08 bits per heavy atom. The number of benzene rings is 2. The molecule has 3 heteroatoms. The maximum Gasteiger partial charge on any atom is 0.159 e. The quantitative estimate of drug-likeness (QED) is 0.582. The van der Waals surface area contributed by atoms with Gasteiger partial charge in [-0.2, -0.15) is 0 Å². The monoisotopic (exact) mass is 354 g/mol. The standard InChI is InChI=1S/C23H27FO2/c1-3-14-26-21-11-8-18(9-12-21)20-10-13-22(23(24)15-20)19-6-4-17(5-7-19)16(2)25/h4-7,10,13,15,18,21H,3,8-9,11-12,14H2,1-2H3. The fourth-order valence-corrected chi connectivity index (χ4v) is 3.75. The zero-order chi connectivity index (χ0) is 18.5. The van der Waals surface area contributed by atoms with Gasteiger partial charge in [-0.05, 0) is 62.1 Å². The molecule has 0 amide bonds. The van der Waals surface area contributed by atoms with E-state index in [1.165, 1.54) is 6.92 Å². The Hall–Kier alpha value is -2.00. The van der Waals surface area contributed by atoms with E-state index in [0.717, 1.165) is 49.8 Å². The lowest BCUT2D eigenvalue weighted by Crippen LogP contribution is -2.21. The molecule has 26 heavy (non-hydrogen) atoms. The van der Waals surface area contributed by atoms with Gasteiger partial charge < -0.3 is 4.74 Å². The molecule has 0 saturated heterocycles. The lowest BCUT2D eigenvalue weighted by atomic mass is 9.82. The van der Waals surface area contributed by atoms with Crippen LogP contribution in [0.4, 0.5) is 4.39 Å². The van der Waals surface area contributed by atoms with Crippen LogP contribution in [0.5, 0.6) is 0 Å². The summed E-state index contributed by atoms with van der Waals surface area (Å²) in [6.07, 6.45) is 5.65. The van der Waals surface area contributed by atoms with Gasteiger partial charge in [-0.3, -0.25) is 4.79 Å². The molecule has 0 bridgehead atoms. The molecule has 0 aromatic heterocycles. The molecule has 2 nitrogen and oxygen atoms in total. The average molecular weight is 354 g/mol. The summed E-state index contributed by atoms with van der Waals surface area (Å²) >= 11 is 0. The van der Waals surface area contributed by atoms with Crippen molar-refractivity contribution in [1.82, 2.24) is 0 Å². The van der Waals surface area contributed by atoms with Gasteiger partial charge in [0.25, 0.3) is 0 Å². The van der Waals surface area contributed by atoms with E-state index >= 15 is 0 Å². The van der Waals surface area contributed by atoms with E-state index < -0.39 is 0 Å². The minimum absolute atomic E-state index is 0.0193. The molecule has 0 radical (unpaired) electrons. The molecule has 0 spiro atoms. The van der Waals surface area contributed by atoms with Gasteiger partial charge in [-0.25, -0.2) is 4.39 Å². The van der Waals surface area contributed by atoms with Crippen LogP contribution in [0.2, 0.25) is 0 Å². The van der Waals surface area contributed by atoms with Crippen molar-refractivity contribution in [2.45, 2.75) is 58.0 Å². The second kappa shape index (κ2) is 8.59. The average Bonchev–Trinajstić information content (AvgIpc) is 2.67. The lowest BCUT2D eigenvalue weighted by molar-refractivity contribution is 0.0251. The Bertz CT molecular complexity index is 743. The number of hydrogen-bond acceptors (Lipinski definition) is 2. The van der Waals surface area contributed by atoms with Crippen molar-refractivity contribution >= 4 is 5.78 Å². The first-order valence-electron chi connectivity index (χ1n) is 9.61. The summed E-state index contributed by atoms with van der Waals surface area (Å²) in [5.74, 6) is 0.244. The molecule has 0 unspecified atom stereocenters. The van der Waals surface area contributed by atoms with Crippen LogP contribution < -0.4 is 0 Å². The fourth-order valence-electron chi connectivity index (χ4n) is 3.75. The zero-order valence-corrected chi connectivity index (χ0v) is 15.6. The van der Waals surface area contributed by atoms with Gasteiger partial charge in [-0.1, -0.05) is 43.3 Å². The van der Waals surface area contributed by atoms with Gasteiger partial charge in [0.2, 0.25) is 0 Å². The predicted octanol–water partition coefficient (Wildman–Crippen LogP) is 6.15. The Labute approximate surface area is 155 Å². The van der Waals surface area contributed by atoms with Gasteiger partial charge in [-0.15, -0.1) is 0 Å². The van der Waals surface area contributed by atoms with Gasteiger partial charge >= 0.3 is 0 Å². The number of Topliss-reactive ketones (excluding diaryl/α,β-unsaturated/α-hetero) is 1. The highest BCUT2D eigenvalue weighted by atomic mass is 19.1. The van der Waals surface area contributed by atoms with Crippen LogP contribution in [-0.4, -0.2) is 18.5 Å². The Morgan fingerprint density at radius 2 is 1.77 bits per heavy atom. The van der Waals surface area contributed by atoms with Gasteiger partial charge in [0, 0.05) is 17.7 Å². The number of halogens is 1. The van der Waals surface area contributed by atoms with Crippen molar-refractivity contribution in [3.8, 4) is 11.1 Å². The molecule has 3 rings (SSSR count). The maximum absolute atomic E-state index is 14.7. The van der Waals surface area contributed by atoms with E-state index in [1.54, 1.807) is 18.2 Å². The number of hydrogen-bond donors (Lipinski definition) is 0. The summed E-state index contributed by atoms with van der Waals surface area (Å²) in [6, 6.07) is 12.7. The maximum atomic E-state index is 14.7. The highest BCUT2D eigenvalue weighted by molar-refractivity contribution is 5.94. The molecular formula is C23H27FO2. The summed E-state index contributed by atoms with van der Waals surface area (Å²) < 4.78 is 20.5. The number of ether oxygens (including phenoxy) is 1. The molecule has 0 atom stereocenters. The van der Waals surface area contributed by atoms with Crippen LogP contribution in [-0.2, 0) is 4.74 Å². The van der Waals surface area contributed by atoms with Gasteiger partial charge in [0.1, 0.15) is 5.82 Å². The number of rotatable bonds is 6. The molecule has 1 saturated carbocycles. The van der Waals surface area contributed by atoms with Crippen LogP contribution in [0.1, 0.15) is 67.8 Å². The van der Waals surface area contributed by atoms with Gasteiger partial charge in [0.05, 0.1) is 6.10 Å². The predicted molar refractivity (Wildman–Crippen MR) is 103 cm³/mol. The highest BCUT2D eigenvalue weighted by Gasteiger charge is 2.23. The summed E-state index contributed by atoms with van der Waals surface area (Å²) in [5, 5.41) is 0. The van der Waals surface area contributed by atoms with Crippen LogP contribution in [0.25, 0.3) is 11.1 Å². The number of carbonyl (C=O) groups is 1. The van der Waals surface area contributed by atoms with Crippen molar-refractivity contribution in [2.24, 2.45) is 0 Å². The van der Waals surface area contributed by atoms with Crippen LogP contribution in [0.3, 0.4) is 0 Å². The van der Waals surface area contributed by atoms with Crippen LogP contribution in [0, 0.1) is 5.82 Å². The molecule has 1 aliphatic rings. The second-order valence-corrected chi connectivity index (χ2v) is 7.22. The zero-order valence-electron chi connectivity index (χ0n) is 15.6.